The van der Waals surface area contributed by atoms with Gasteiger partial charge in [0.1, 0.15) is 5.75 Å². The molecule has 0 unspecified atom stereocenters. The lowest BCUT2D eigenvalue weighted by Crippen LogP contribution is -2.41. The Morgan fingerprint density at radius 2 is 2.06 bits per heavy atom. The van der Waals surface area contributed by atoms with Gasteiger partial charge in [-0.05, 0) is 49.7 Å². The Hall–Kier alpha value is -2.85. The van der Waals surface area contributed by atoms with Gasteiger partial charge in [-0.3, -0.25) is 14.5 Å². The molecular weight excluding hydrogens is 494 g/mol. The molecule has 1 N–H and O–H groups in total. The molecule has 4 rings (SSSR count). The first-order chi connectivity index (χ1) is 15.3. The Labute approximate surface area is 198 Å². The Morgan fingerprint density at radius 3 is 2.84 bits per heavy atom. The first kappa shape index (κ1) is 22.3. The number of nitrogens with one attached hydrogen (secondary N) is 1. The molecule has 0 radical (unpaired) electrons. The fraction of sp³-hybridized carbons (Fsp3) is 0.273. The van der Waals surface area contributed by atoms with Crippen LogP contribution in [0, 0.1) is 6.92 Å². The molecule has 10 heteroatoms. The minimum atomic E-state index is -0.348. The number of aromatic nitrogens is 3. The van der Waals surface area contributed by atoms with Crippen molar-refractivity contribution in [1.82, 2.24) is 14.8 Å². The second-order valence-corrected chi connectivity index (χ2v) is 9.25. The van der Waals surface area contributed by atoms with Crippen LogP contribution in [0.3, 0.4) is 0 Å². The first-order valence-corrected chi connectivity index (χ1v) is 11.7. The molecule has 1 aromatic heterocycles. The van der Waals surface area contributed by atoms with E-state index in [1.807, 2.05) is 67.9 Å². The molecule has 0 spiro atoms. The van der Waals surface area contributed by atoms with Gasteiger partial charge in [-0.1, -0.05) is 39.8 Å². The maximum atomic E-state index is 12.6. The number of aryl methyl sites for hydroxylation is 1. The van der Waals surface area contributed by atoms with Gasteiger partial charge in [0.15, 0.2) is 17.6 Å². The van der Waals surface area contributed by atoms with Gasteiger partial charge >= 0.3 is 0 Å². The van der Waals surface area contributed by atoms with Crippen LogP contribution >= 0.6 is 27.7 Å². The molecule has 0 saturated carbocycles. The predicted octanol–water partition coefficient (Wildman–Crippen LogP) is 4.10. The largest absolute Gasteiger partial charge is 0.482 e. The van der Waals surface area contributed by atoms with Gasteiger partial charge in [-0.15, -0.1) is 10.2 Å². The SMILES string of the molecule is Cc1cc(Br)ccc1NC(=O)CSc1nnc([C@H](C)N2C(=O)COc3ccccc32)n1C. The molecule has 32 heavy (non-hydrogen) atoms. The van der Waals surface area contributed by atoms with Gasteiger partial charge < -0.3 is 14.6 Å². The number of hydrogen-bond donors (Lipinski definition) is 1. The second-order valence-electron chi connectivity index (χ2n) is 7.39. The summed E-state index contributed by atoms with van der Waals surface area (Å²) in [6.07, 6.45) is 0. The summed E-state index contributed by atoms with van der Waals surface area (Å²) in [4.78, 5) is 26.7. The lowest BCUT2D eigenvalue weighted by Gasteiger charge is -2.33. The van der Waals surface area contributed by atoms with Gasteiger partial charge in [0, 0.05) is 17.2 Å². The quantitative estimate of drug-likeness (QED) is 0.497. The maximum Gasteiger partial charge on any atom is 0.265 e. The van der Waals surface area contributed by atoms with Crippen molar-refractivity contribution in [3.05, 3.63) is 58.3 Å². The molecule has 0 bridgehead atoms. The van der Waals surface area contributed by atoms with Crippen molar-refractivity contribution < 1.29 is 14.3 Å². The number of ether oxygens (including phenoxy) is 1. The number of para-hydroxylation sites is 2. The van der Waals surface area contributed by atoms with E-state index in [2.05, 4.69) is 31.4 Å². The Kier molecular flexibility index (Phi) is 6.52. The van der Waals surface area contributed by atoms with Gasteiger partial charge in [0.2, 0.25) is 5.91 Å². The Bertz CT molecular complexity index is 1180. The summed E-state index contributed by atoms with van der Waals surface area (Å²) in [5.74, 6) is 1.21. The van der Waals surface area contributed by atoms with E-state index in [0.717, 1.165) is 15.7 Å². The van der Waals surface area contributed by atoms with Gasteiger partial charge in [-0.2, -0.15) is 0 Å². The third kappa shape index (κ3) is 4.51. The molecule has 1 aliphatic heterocycles. The number of anilines is 2. The molecule has 1 aliphatic rings. The molecular formula is C22H22BrN5O3S. The molecule has 0 fully saturated rings. The number of carbonyl (C=O) groups is 2. The van der Waals surface area contributed by atoms with E-state index in [1.165, 1.54) is 11.8 Å². The summed E-state index contributed by atoms with van der Waals surface area (Å²) in [5.41, 5.74) is 2.45. The number of carbonyl (C=O) groups excluding carboxylic acids is 2. The Morgan fingerprint density at radius 1 is 1.28 bits per heavy atom. The monoisotopic (exact) mass is 515 g/mol. The van der Waals surface area contributed by atoms with E-state index in [1.54, 1.807) is 4.90 Å². The van der Waals surface area contributed by atoms with E-state index < -0.39 is 0 Å². The highest BCUT2D eigenvalue weighted by Crippen LogP contribution is 2.37. The average molecular weight is 516 g/mol. The van der Waals surface area contributed by atoms with Crippen LogP contribution in [-0.2, 0) is 16.6 Å². The van der Waals surface area contributed by atoms with Crippen LogP contribution in [-0.4, -0.2) is 38.9 Å². The lowest BCUT2D eigenvalue weighted by molar-refractivity contribution is -0.121. The van der Waals surface area contributed by atoms with Crippen molar-refractivity contribution in [3.63, 3.8) is 0 Å². The molecule has 1 atom stereocenters. The zero-order chi connectivity index (χ0) is 22.8. The fourth-order valence-electron chi connectivity index (χ4n) is 3.56. The number of hydrogen-bond acceptors (Lipinski definition) is 6. The van der Waals surface area contributed by atoms with Gasteiger partial charge in [-0.25, -0.2) is 0 Å². The van der Waals surface area contributed by atoms with Crippen molar-refractivity contribution >= 4 is 50.9 Å². The summed E-state index contributed by atoms with van der Waals surface area (Å²) in [5, 5.41) is 12.1. The van der Waals surface area contributed by atoms with Crippen molar-refractivity contribution in [3.8, 4) is 5.75 Å². The smallest absolute Gasteiger partial charge is 0.265 e. The van der Waals surface area contributed by atoms with Crippen LogP contribution in [0.4, 0.5) is 11.4 Å². The molecule has 2 aromatic carbocycles. The summed E-state index contributed by atoms with van der Waals surface area (Å²) >= 11 is 4.72. The minimum absolute atomic E-state index is 0.0174. The van der Waals surface area contributed by atoms with Crippen LogP contribution in [0.25, 0.3) is 0 Å². The zero-order valence-electron chi connectivity index (χ0n) is 17.8. The summed E-state index contributed by atoms with van der Waals surface area (Å²) in [6, 6.07) is 12.8. The topological polar surface area (TPSA) is 89.3 Å². The molecule has 166 valence electrons. The van der Waals surface area contributed by atoms with Gasteiger partial charge in [0.25, 0.3) is 5.91 Å². The van der Waals surface area contributed by atoms with E-state index in [-0.39, 0.29) is 30.2 Å². The number of fused-ring (bicyclic) bond motifs is 1. The van der Waals surface area contributed by atoms with Crippen molar-refractivity contribution in [1.29, 1.82) is 0 Å². The van der Waals surface area contributed by atoms with Crippen LogP contribution in [0.15, 0.2) is 52.1 Å². The minimum Gasteiger partial charge on any atom is -0.482 e. The molecule has 2 heterocycles. The average Bonchev–Trinajstić information content (AvgIpc) is 3.14. The highest BCUT2D eigenvalue weighted by Gasteiger charge is 2.32. The zero-order valence-corrected chi connectivity index (χ0v) is 20.2. The number of rotatable bonds is 6. The third-order valence-corrected chi connectivity index (χ3v) is 6.68. The van der Waals surface area contributed by atoms with Crippen molar-refractivity contribution in [2.45, 2.75) is 25.0 Å². The highest BCUT2D eigenvalue weighted by molar-refractivity contribution is 9.10. The number of amides is 2. The first-order valence-electron chi connectivity index (χ1n) is 9.97. The number of benzene rings is 2. The van der Waals surface area contributed by atoms with Crippen molar-refractivity contribution in [2.75, 3.05) is 22.6 Å². The second kappa shape index (κ2) is 9.33. The van der Waals surface area contributed by atoms with E-state index in [9.17, 15) is 9.59 Å². The summed E-state index contributed by atoms with van der Waals surface area (Å²) in [7, 11) is 1.84. The highest BCUT2D eigenvalue weighted by atomic mass is 79.9. The third-order valence-electron chi connectivity index (χ3n) is 5.17. The van der Waals surface area contributed by atoms with Crippen LogP contribution in [0.2, 0.25) is 0 Å². The van der Waals surface area contributed by atoms with E-state index >= 15 is 0 Å². The summed E-state index contributed by atoms with van der Waals surface area (Å²) in [6.45, 7) is 3.83. The number of thioether (sulfide) groups is 1. The normalized spacial score (nSPS) is 14.0. The van der Waals surface area contributed by atoms with Crippen molar-refractivity contribution in [2.24, 2.45) is 7.05 Å². The number of nitrogens with zero attached hydrogens (tertiary/aromatic N) is 4. The maximum absolute atomic E-state index is 12.6. The van der Waals surface area contributed by atoms with Crippen LogP contribution < -0.4 is 15.0 Å². The van der Waals surface area contributed by atoms with Gasteiger partial charge in [0.05, 0.1) is 17.5 Å². The lowest BCUT2D eigenvalue weighted by atomic mass is 10.1. The van der Waals surface area contributed by atoms with E-state index in [0.29, 0.717) is 22.4 Å². The molecule has 0 saturated heterocycles. The molecule has 0 aliphatic carbocycles. The predicted molar refractivity (Wildman–Crippen MR) is 127 cm³/mol. The number of halogens is 1. The molecule has 3 aromatic rings. The summed E-state index contributed by atoms with van der Waals surface area (Å²) < 4.78 is 8.31. The van der Waals surface area contributed by atoms with Crippen LogP contribution in [0.1, 0.15) is 24.4 Å². The fourth-order valence-corrected chi connectivity index (χ4v) is 4.75. The van der Waals surface area contributed by atoms with E-state index in [4.69, 9.17) is 4.74 Å². The standard InChI is InChI=1S/C22H22BrN5O3S/c1-13-10-15(23)8-9-16(13)24-19(29)12-32-22-26-25-21(27(22)3)14(2)28-17-6-4-5-7-18(17)31-11-20(28)30/h4-10,14H,11-12H2,1-3H3,(H,24,29)/t14-/m0/s1. The molecule has 8 nitrogen and oxygen atoms in total. The molecule has 2 amide bonds. The van der Waals surface area contributed by atoms with Crippen LogP contribution in [0.5, 0.6) is 5.75 Å². The Balaban J connectivity index is 1.45.